The van der Waals surface area contributed by atoms with Crippen LogP contribution in [0.1, 0.15) is 40.9 Å². The topological polar surface area (TPSA) is 58.8 Å². The van der Waals surface area contributed by atoms with Gasteiger partial charge in [-0.2, -0.15) is 0 Å². The molecule has 3 heterocycles. The largest absolute Gasteiger partial charge is 0.373 e. The lowest BCUT2D eigenvalue weighted by Gasteiger charge is -2.42. The lowest BCUT2D eigenvalue weighted by molar-refractivity contribution is 0.0255. The number of carbonyl (C=O) groups excluding carboxylic acids is 1. The number of rotatable bonds is 5. The van der Waals surface area contributed by atoms with Crippen LogP contribution in [0.4, 0.5) is 10.1 Å². The Hall–Kier alpha value is -2.48. The molecular formula is C25H28FN3O2S. The van der Waals surface area contributed by atoms with Gasteiger partial charge in [0.2, 0.25) is 5.91 Å². The second-order valence-electron chi connectivity index (χ2n) is 8.74. The van der Waals surface area contributed by atoms with Crippen molar-refractivity contribution in [2.45, 2.75) is 31.9 Å². The van der Waals surface area contributed by atoms with E-state index in [4.69, 9.17) is 10.5 Å². The maximum absolute atomic E-state index is 14.1. The summed E-state index contributed by atoms with van der Waals surface area (Å²) in [6.45, 7) is 6.68. The van der Waals surface area contributed by atoms with Crippen molar-refractivity contribution in [1.29, 1.82) is 0 Å². The zero-order valence-corrected chi connectivity index (χ0v) is 19.0. The van der Waals surface area contributed by atoms with Gasteiger partial charge in [0.1, 0.15) is 5.82 Å². The van der Waals surface area contributed by atoms with Gasteiger partial charge in [-0.3, -0.25) is 9.69 Å². The number of fused-ring (bicyclic) bond motifs is 2. The Kier molecular flexibility index (Phi) is 5.88. The van der Waals surface area contributed by atoms with E-state index in [2.05, 4.69) is 16.7 Å². The number of benzene rings is 2. The van der Waals surface area contributed by atoms with E-state index < -0.39 is 0 Å². The van der Waals surface area contributed by atoms with Crippen molar-refractivity contribution in [3.8, 4) is 0 Å². The Morgan fingerprint density at radius 3 is 2.94 bits per heavy atom. The summed E-state index contributed by atoms with van der Waals surface area (Å²) in [6.07, 6.45) is 1.78. The summed E-state index contributed by atoms with van der Waals surface area (Å²) in [5.41, 5.74) is 9.48. The first-order valence-corrected chi connectivity index (χ1v) is 12.1. The number of carbonyl (C=O) groups is 1. The Morgan fingerprint density at radius 1 is 1.25 bits per heavy atom. The number of hydrogen-bond acceptors (Lipinski definition) is 5. The number of hydrogen-bond donors (Lipinski definition) is 1. The van der Waals surface area contributed by atoms with E-state index in [-0.39, 0.29) is 17.8 Å². The van der Waals surface area contributed by atoms with Crippen molar-refractivity contribution < 1.29 is 13.9 Å². The van der Waals surface area contributed by atoms with Gasteiger partial charge in [0.25, 0.3) is 0 Å². The van der Waals surface area contributed by atoms with Crippen molar-refractivity contribution >= 4 is 33.0 Å². The number of halogens is 1. The van der Waals surface area contributed by atoms with E-state index in [0.717, 1.165) is 54.8 Å². The number of amides is 1. The number of piperazine rings is 1. The van der Waals surface area contributed by atoms with E-state index in [1.165, 1.54) is 22.5 Å². The summed E-state index contributed by atoms with van der Waals surface area (Å²) >= 11 is 1.46. The molecule has 1 amide bonds. The van der Waals surface area contributed by atoms with E-state index in [0.29, 0.717) is 18.2 Å². The molecule has 0 aliphatic carbocycles. The van der Waals surface area contributed by atoms with Crippen LogP contribution in [0, 0.1) is 5.82 Å². The molecule has 2 N–H and O–H groups in total. The van der Waals surface area contributed by atoms with Crippen LogP contribution in [-0.2, 0) is 11.2 Å². The van der Waals surface area contributed by atoms with Gasteiger partial charge in [-0.1, -0.05) is 6.07 Å². The maximum Gasteiger partial charge on any atom is 0.248 e. The first-order chi connectivity index (χ1) is 15.5. The third kappa shape index (κ3) is 4.00. The monoisotopic (exact) mass is 453 g/mol. The Labute approximate surface area is 191 Å². The molecule has 3 aromatic rings. The molecule has 1 saturated heterocycles. The van der Waals surface area contributed by atoms with Crippen LogP contribution < -0.4 is 10.6 Å². The first-order valence-electron chi connectivity index (χ1n) is 11.2. The zero-order valence-electron chi connectivity index (χ0n) is 18.2. The van der Waals surface area contributed by atoms with Crippen LogP contribution in [0.3, 0.4) is 0 Å². The predicted molar refractivity (Wildman–Crippen MR) is 127 cm³/mol. The summed E-state index contributed by atoms with van der Waals surface area (Å²) < 4.78 is 20.9. The number of nitrogens with zero attached hydrogens (tertiary/aromatic N) is 2. The lowest BCUT2D eigenvalue weighted by atomic mass is 9.93. The Balaban J connectivity index is 1.24. The minimum Gasteiger partial charge on any atom is -0.373 e. The van der Waals surface area contributed by atoms with Gasteiger partial charge >= 0.3 is 0 Å². The molecule has 0 bridgehead atoms. The Bertz CT molecular complexity index is 1150. The fraction of sp³-hybridized carbons (Fsp3) is 0.400. The first kappa shape index (κ1) is 21.4. The lowest BCUT2D eigenvalue weighted by Crippen LogP contribution is -2.52. The summed E-state index contributed by atoms with van der Waals surface area (Å²) in [5, 5.41) is 2.98. The van der Waals surface area contributed by atoms with Gasteiger partial charge in [-0.15, -0.1) is 11.3 Å². The average Bonchev–Trinajstić information content (AvgIpc) is 3.29. The summed E-state index contributed by atoms with van der Waals surface area (Å²) in [5.74, 6) is -0.524. The summed E-state index contributed by atoms with van der Waals surface area (Å²) in [4.78, 5) is 16.4. The second kappa shape index (κ2) is 8.81. The molecule has 1 aromatic heterocycles. The van der Waals surface area contributed by atoms with Crippen molar-refractivity contribution in [2.24, 2.45) is 5.73 Å². The normalized spacial score (nSPS) is 21.6. The minimum absolute atomic E-state index is 0.0495. The minimum atomic E-state index is -0.386. The van der Waals surface area contributed by atoms with Crippen molar-refractivity contribution in [2.75, 3.05) is 37.7 Å². The third-order valence-corrected chi connectivity index (χ3v) is 7.72. The molecule has 2 aliphatic rings. The molecule has 168 valence electrons. The molecule has 7 heteroatoms. The van der Waals surface area contributed by atoms with E-state index in [1.54, 1.807) is 12.1 Å². The van der Waals surface area contributed by atoms with Crippen LogP contribution in [0.25, 0.3) is 10.1 Å². The highest BCUT2D eigenvalue weighted by Crippen LogP contribution is 2.34. The van der Waals surface area contributed by atoms with E-state index in [9.17, 15) is 9.18 Å². The smallest absolute Gasteiger partial charge is 0.248 e. The van der Waals surface area contributed by atoms with Crippen molar-refractivity contribution in [3.63, 3.8) is 0 Å². The molecule has 2 aromatic carbocycles. The molecule has 32 heavy (non-hydrogen) atoms. The molecule has 0 saturated carbocycles. The number of nitrogens with two attached hydrogens (primary N) is 1. The second-order valence-corrected chi connectivity index (χ2v) is 9.65. The molecular weight excluding hydrogens is 425 g/mol. The van der Waals surface area contributed by atoms with Gasteiger partial charge < -0.3 is 15.4 Å². The number of anilines is 1. The fourth-order valence-corrected chi connectivity index (χ4v) is 5.87. The molecule has 0 spiro atoms. The molecule has 5 nitrogen and oxygen atoms in total. The average molecular weight is 454 g/mol. The maximum atomic E-state index is 14.1. The molecule has 5 rings (SSSR count). The number of thiophene rings is 1. The van der Waals surface area contributed by atoms with Gasteiger partial charge in [0.15, 0.2) is 0 Å². The van der Waals surface area contributed by atoms with Gasteiger partial charge in [-0.25, -0.2) is 4.39 Å². The van der Waals surface area contributed by atoms with E-state index in [1.807, 2.05) is 29.6 Å². The van der Waals surface area contributed by atoms with E-state index >= 15 is 0 Å². The van der Waals surface area contributed by atoms with Gasteiger partial charge in [0.05, 0.1) is 17.4 Å². The predicted octanol–water partition coefficient (Wildman–Crippen LogP) is 4.35. The van der Waals surface area contributed by atoms with Crippen LogP contribution in [0.2, 0.25) is 0 Å². The van der Waals surface area contributed by atoms with Crippen LogP contribution >= 0.6 is 11.3 Å². The molecule has 2 atom stereocenters. The quantitative estimate of drug-likeness (QED) is 0.624. The van der Waals surface area contributed by atoms with Crippen LogP contribution in [0.5, 0.6) is 0 Å². The van der Waals surface area contributed by atoms with Gasteiger partial charge in [-0.05, 0) is 66.6 Å². The molecule has 2 unspecified atom stereocenters. The van der Waals surface area contributed by atoms with Gasteiger partial charge in [0, 0.05) is 48.9 Å². The number of ether oxygens (including phenoxy) is 1. The number of primary amides is 1. The highest BCUT2D eigenvalue weighted by molar-refractivity contribution is 7.17. The summed E-state index contributed by atoms with van der Waals surface area (Å²) in [7, 11) is 0. The highest BCUT2D eigenvalue weighted by atomic mass is 32.1. The molecule has 1 fully saturated rings. The fourth-order valence-electron chi connectivity index (χ4n) is 5.05. The van der Waals surface area contributed by atoms with Crippen LogP contribution in [-0.4, -0.2) is 49.6 Å². The highest BCUT2D eigenvalue weighted by Gasteiger charge is 2.28. The molecule has 2 aliphatic heterocycles. The molecule has 0 radical (unpaired) electrons. The summed E-state index contributed by atoms with van der Waals surface area (Å²) in [6, 6.07) is 11.6. The van der Waals surface area contributed by atoms with Crippen LogP contribution in [0.15, 0.2) is 41.8 Å². The standard InChI is InChI=1S/C25H28FN3O2S/c1-16-15-29(22-5-4-21(26)24-20(22)8-13-32-24)11-10-28(16)9-6-23-19-3-2-18(25(27)30)14-17(19)7-12-31-23/h2-5,8,13-14,16,23H,6-7,9-12,15H2,1H3,(H2,27,30). The third-order valence-electron chi connectivity index (χ3n) is 6.79. The SMILES string of the molecule is CC1CN(c2ccc(F)c3sccc23)CCN1CCC1OCCc2cc(C(N)=O)ccc21. The Morgan fingerprint density at radius 2 is 2.12 bits per heavy atom. The van der Waals surface area contributed by atoms with Crippen molar-refractivity contribution in [1.82, 2.24) is 4.90 Å². The van der Waals surface area contributed by atoms with Crippen molar-refractivity contribution in [3.05, 3.63) is 64.3 Å². The zero-order chi connectivity index (χ0) is 22.2.